The molecule has 0 aliphatic carbocycles. The van der Waals surface area contributed by atoms with Crippen LogP contribution in [0.4, 0.5) is 13.2 Å². The van der Waals surface area contributed by atoms with Crippen LogP contribution in [0.25, 0.3) is 0 Å². The smallest absolute Gasteiger partial charge is 0.339 e. The van der Waals surface area contributed by atoms with Crippen LogP contribution in [-0.2, 0) is 0 Å². The lowest BCUT2D eigenvalue weighted by atomic mass is 10.1. The second-order valence-corrected chi connectivity index (χ2v) is 2.66. The molecule has 0 fully saturated rings. The second kappa shape index (κ2) is 3.83. The van der Waals surface area contributed by atoms with Crippen molar-refractivity contribution in [2.75, 3.05) is 0 Å². The molecule has 0 saturated heterocycles. The average Bonchev–Trinajstić information content (AvgIpc) is 2.01. The molecule has 0 aliphatic heterocycles. The molecule has 0 radical (unpaired) electrons. The van der Waals surface area contributed by atoms with E-state index in [2.05, 4.69) is 4.98 Å². The number of aromatic carboxylic acids is 1. The van der Waals surface area contributed by atoms with Gasteiger partial charge < -0.3 is 5.11 Å². The third kappa shape index (κ3) is 1.95. The summed E-state index contributed by atoms with van der Waals surface area (Å²) in [5.74, 6) is -2.91. The number of halogens is 4. The lowest BCUT2D eigenvalue weighted by Crippen LogP contribution is -2.06. The maximum absolute atomic E-state index is 12.5. The van der Waals surface area contributed by atoms with Gasteiger partial charge in [0.15, 0.2) is 0 Å². The predicted octanol–water partition coefficient (Wildman–Crippen LogP) is 2.51. The minimum absolute atomic E-state index is 0.347. The molecule has 1 heterocycles. The fourth-order valence-electron chi connectivity index (χ4n) is 0.885. The van der Waals surface area contributed by atoms with E-state index < -0.39 is 34.6 Å². The van der Waals surface area contributed by atoms with Crippen molar-refractivity contribution < 1.29 is 23.1 Å². The van der Waals surface area contributed by atoms with E-state index >= 15 is 0 Å². The van der Waals surface area contributed by atoms with Crippen molar-refractivity contribution in [3.8, 4) is 0 Å². The molecule has 14 heavy (non-hydrogen) atoms. The molecule has 0 bridgehead atoms. The molecular formula is C7H3ClF3NO2. The Morgan fingerprint density at radius 1 is 1.57 bits per heavy atom. The van der Waals surface area contributed by atoms with Gasteiger partial charge in [0, 0.05) is 11.6 Å². The van der Waals surface area contributed by atoms with Crippen LogP contribution in [0.15, 0.2) is 6.07 Å². The van der Waals surface area contributed by atoms with Gasteiger partial charge in [-0.15, -0.1) is 0 Å². The van der Waals surface area contributed by atoms with Crippen LogP contribution >= 0.6 is 11.6 Å². The number of alkyl halides is 2. The van der Waals surface area contributed by atoms with Gasteiger partial charge in [0.05, 0.1) is 0 Å². The summed E-state index contributed by atoms with van der Waals surface area (Å²) in [6.45, 7) is 0. The molecule has 7 heteroatoms. The van der Waals surface area contributed by atoms with Gasteiger partial charge >= 0.3 is 5.97 Å². The molecule has 1 rings (SSSR count). The Bertz CT molecular complexity index is 383. The van der Waals surface area contributed by atoms with Crippen molar-refractivity contribution in [3.63, 3.8) is 0 Å². The van der Waals surface area contributed by atoms with Crippen molar-refractivity contribution in [2.24, 2.45) is 0 Å². The summed E-state index contributed by atoms with van der Waals surface area (Å²) in [5, 5.41) is 7.72. The number of aromatic nitrogens is 1. The fraction of sp³-hybridized carbons (Fsp3) is 0.143. The molecule has 0 saturated carbocycles. The van der Waals surface area contributed by atoms with Crippen molar-refractivity contribution in [1.82, 2.24) is 4.98 Å². The number of hydrogen-bond acceptors (Lipinski definition) is 2. The summed E-state index contributed by atoms with van der Waals surface area (Å²) >= 11 is 5.21. The van der Waals surface area contributed by atoms with Gasteiger partial charge in [-0.1, -0.05) is 11.6 Å². The molecule has 0 spiro atoms. The number of rotatable bonds is 2. The van der Waals surface area contributed by atoms with E-state index in [0.29, 0.717) is 6.07 Å². The second-order valence-electron chi connectivity index (χ2n) is 2.31. The summed E-state index contributed by atoms with van der Waals surface area (Å²) < 4.78 is 37.0. The maximum atomic E-state index is 12.5. The van der Waals surface area contributed by atoms with Crippen LogP contribution in [0, 0.1) is 5.95 Å². The number of carboxylic acids is 1. The molecule has 1 N–H and O–H groups in total. The molecular weight excluding hydrogens is 223 g/mol. The Morgan fingerprint density at radius 3 is 2.57 bits per heavy atom. The molecule has 0 aliphatic rings. The van der Waals surface area contributed by atoms with Gasteiger partial charge in [0.25, 0.3) is 6.43 Å². The van der Waals surface area contributed by atoms with E-state index in [4.69, 9.17) is 16.7 Å². The van der Waals surface area contributed by atoms with Gasteiger partial charge in [0.2, 0.25) is 5.95 Å². The molecule has 3 nitrogen and oxygen atoms in total. The highest BCUT2D eigenvalue weighted by Crippen LogP contribution is 2.27. The summed E-state index contributed by atoms with van der Waals surface area (Å²) in [4.78, 5) is 13.4. The molecule has 76 valence electrons. The Balaban J connectivity index is 3.44. The highest BCUT2D eigenvalue weighted by Gasteiger charge is 2.23. The Morgan fingerprint density at radius 2 is 2.14 bits per heavy atom. The predicted molar refractivity (Wildman–Crippen MR) is 41.1 cm³/mol. The maximum Gasteiger partial charge on any atom is 0.339 e. The van der Waals surface area contributed by atoms with Crippen molar-refractivity contribution in [3.05, 3.63) is 28.3 Å². The van der Waals surface area contributed by atoms with Crippen molar-refractivity contribution >= 4 is 17.6 Å². The van der Waals surface area contributed by atoms with Crippen molar-refractivity contribution in [2.45, 2.75) is 6.43 Å². The third-order valence-electron chi connectivity index (χ3n) is 1.42. The zero-order valence-electron chi connectivity index (χ0n) is 6.47. The summed E-state index contributed by atoms with van der Waals surface area (Å²) in [6.07, 6.45) is -3.11. The minimum atomic E-state index is -3.11. The van der Waals surface area contributed by atoms with E-state index in [1.165, 1.54) is 0 Å². The summed E-state index contributed by atoms with van der Waals surface area (Å²) in [6, 6.07) is 0.347. The average molecular weight is 226 g/mol. The Kier molecular flexibility index (Phi) is 2.95. The number of pyridine rings is 1. The fourth-order valence-corrected chi connectivity index (χ4v) is 1.16. The molecule has 1 aromatic heterocycles. The monoisotopic (exact) mass is 225 g/mol. The standard InChI is InChI=1S/C7H3ClF3NO2/c8-5-4(7(13)14)2(6(10)11)1-3(9)12-5/h1,6H,(H,13,14). The van der Waals surface area contributed by atoms with Crippen LogP contribution in [0.2, 0.25) is 5.15 Å². The van der Waals surface area contributed by atoms with Gasteiger partial charge in [-0.3, -0.25) is 0 Å². The third-order valence-corrected chi connectivity index (χ3v) is 1.70. The lowest BCUT2D eigenvalue weighted by Gasteiger charge is -2.05. The first-order valence-electron chi connectivity index (χ1n) is 3.31. The van der Waals surface area contributed by atoms with Gasteiger partial charge in [0.1, 0.15) is 10.7 Å². The van der Waals surface area contributed by atoms with E-state index in [-0.39, 0.29) is 0 Å². The number of nitrogens with zero attached hydrogens (tertiary/aromatic N) is 1. The van der Waals surface area contributed by atoms with E-state index in [1.54, 1.807) is 0 Å². The largest absolute Gasteiger partial charge is 0.478 e. The topological polar surface area (TPSA) is 50.2 Å². The van der Waals surface area contributed by atoms with Crippen LogP contribution in [0.1, 0.15) is 22.3 Å². The zero-order chi connectivity index (χ0) is 10.9. The van der Waals surface area contributed by atoms with E-state index in [1.807, 2.05) is 0 Å². The molecule has 0 atom stereocenters. The summed E-state index contributed by atoms with van der Waals surface area (Å²) in [7, 11) is 0. The van der Waals surface area contributed by atoms with Gasteiger partial charge in [-0.25, -0.2) is 18.6 Å². The Labute approximate surface area is 81.1 Å². The summed E-state index contributed by atoms with van der Waals surface area (Å²) in [5.41, 5.74) is -1.85. The quantitative estimate of drug-likeness (QED) is 0.787. The molecule has 0 aromatic carbocycles. The van der Waals surface area contributed by atoms with Crippen LogP contribution in [0.5, 0.6) is 0 Å². The number of carbonyl (C=O) groups is 1. The minimum Gasteiger partial charge on any atom is -0.478 e. The normalized spacial score (nSPS) is 10.6. The lowest BCUT2D eigenvalue weighted by molar-refractivity contribution is 0.0684. The molecule has 1 aromatic rings. The zero-order valence-corrected chi connectivity index (χ0v) is 7.23. The van der Waals surface area contributed by atoms with Gasteiger partial charge in [-0.05, 0) is 0 Å². The SMILES string of the molecule is O=C(O)c1c(C(F)F)cc(F)nc1Cl. The molecule has 0 amide bonds. The highest BCUT2D eigenvalue weighted by atomic mass is 35.5. The number of hydrogen-bond donors (Lipinski definition) is 1. The first kappa shape index (κ1) is 10.8. The van der Waals surface area contributed by atoms with E-state index in [9.17, 15) is 18.0 Å². The molecule has 0 unspecified atom stereocenters. The highest BCUT2D eigenvalue weighted by molar-refractivity contribution is 6.32. The first-order chi connectivity index (χ1) is 6.43. The van der Waals surface area contributed by atoms with Crippen LogP contribution in [0.3, 0.4) is 0 Å². The first-order valence-corrected chi connectivity index (χ1v) is 3.68. The van der Waals surface area contributed by atoms with E-state index in [0.717, 1.165) is 0 Å². The number of carboxylic acid groups (broad SMARTS) is 1. The van der Waals surface area contributed by atoms with Crippen LogP contribution in [-0.4, -0.2) is 16.1 Å². The van der Waals surface area contributed by atoms with Crippen LogP contribution < -0.4 is 0 Å². The Hall–Kier alpha value is -1.30. The van der Waals surface area contributed by atoms with Crippen molar-refractivity contribution in [1.29, 1.82) is 0 Å². The van der Waals surface area contributed by atoms with Gasteiger partial charge in [-0.2, -0.15) is 4.39 Å².